The summed E-state index contributed by atoms with van der Waals surface area (Å²) in [6, 6.07) is 14.5. The van der Waals surface area contributed by atoms with Crippen LogP contribution in [-0.2, 0) is 6.42 Å². The second kappa shape index (κ2) is 6.56. The minimum absolute atomic E-state index is 0.241. The monoisotopic (exact) mass is 319 g/mol. The molecule has 0 saturated heterocycles. The van der Waals surface area contributed by atoms with Crippen molar-refractivity contribution in [2.24, 2.45) is 0 Å². The van der Waals surface area contributed by atoms with Crippen molar-refractivity contribution in [3.8, 4) is 0 Å². The third-order valence-electron chi connectivity index (χ3n) is 3.02. The first-order valence-electron chi connectivity index (χ1n) is 6.62. The van der Waals surface area contributed by atoms with Gasteiger partial charge in [-0.15, -0.1) is 23.1 Å². The van der Waals surface area contributed by atoms with Gasteiger partial charge in [-0.05, 0) is 24.3 Å². The van der Waals surface area contributed by atoms with E-state index in [0.29, 0.717) is 17.1 Å². The minimum Gasteiger partial charge on any atom is -0.392 e. The average Bonchev–Trinajstić information content (AvgIpc) is 2.88. The van der Waals surface area contributed by atoms with Crippen molar-refractivity contribution < 1.29 is 9.50 Å². The lowest BCUT2D eigenvalue weighted by atomic mass is 10.3. The van der Waals surface area contributed by atoms with Crippen LogP contribution < -0.4 is 0 Å². The van der Waals surface area contributed by atoms with Crippen molar-refractivity contribution in [1.82, 2.24) is 4.98 Å². The summed E-state index contributed by atoms with van der Waals surface area (Å²) in [7, 11) is 0. The van der Waals surface area contributed by atoms with Gasteiger partial charge in [0.25, 0.3) is 0 Å². The highest BCUT2D eigenvalue weighted by molar-refractivity contribution is 7.99. The van der Waals surface area contributed by atoms with Crippen LogP contribution in [0.25, 0.3) is 10.2 Å². The summed E-state index contributed by atoms with van der Waals surface area (Å²) in [5.41, 5.74) is 0.964. The third-order valence-corrected chi connectivity index (χ3v) is 5.27. The minimum atomic E-state index is -0.532. The highest BCUT2D eigenvalue weighted by Gasteiger charge is 2.11. The first-order chi connectivity index (χ1) is 10.2. The number of halogens is 1. The van der Waals surface area contributed by atoms with E-state index in [1.165, 1.54) is 17.8 Å². The molecular formula is C16H14FNOS2. The molecular weight excluding hydrogens is 305 g/mol. The molecule has 0 bridgehead atoms. The molecule has 0 aliphatic heterocycles. The quantitative estimate of drug-likeness (QED) is 0.718. The molecule has 21 heavy (non-hydrogen) atoms. The Labute approximate surface area is 130 Å². The van der Waals surface area contributed by atoms with E-state index < -0.39 is 6.10 Å². The fraction of sp³-hybridized carbons (Fsp3) is 0.188. The zero-order chi connectivity index (χ0) is 14.7. The smallest absolute Gasteiger partial charge is 0.136 e. The van der Waals surface area contributed by atoms with Crippen LogP contribution in [0, 0.1) is 5.82 Å². The first-order valence-corrected chi connectivity index (χ1v) is 8.42. The molecule has 2 nitrogen and oxygen atoms in total. The highest BCUT2D eigenvalue weighted by Crippen LogP contribution is 2.25. The summed E-state index contributed by atoms with van der Waals surface area (Å²) in [5.74, 6) is 0.214. The number of hydrogen-bond donors (Lipinski definition) is 1. The van der Waals surface area contributed by atoms with Gasteiger partial charge in [0.1, 0.15) is 5.82 Å². The topological polar surface area (TPSA) is 33.1 Å². The Hall–Kier alpha value is -1.43. The van der Waals surface area contributed by atoms with Gasteiger partial charge in [0.05, 0.1) is 21.3 Å². The van der Waals surface area contributed by atoms with Gasteiger partial charge >= 0.3 is 0 Å². The number of hydrogen-bond acceptors (Lipinski definition) is 4. The van der Waals surface area contributed by atoms with Crippen LogP contribution in [0.5, 0.6) is 0 Å². The molecule has 108 valence electrons. The molecule has 0 amide bonds. The number of thiazole rings is 1. The molecule has 0 aliphatic carbocycles. The zero-order valence-corrected chi connectivity index (χ0v) is 12.8. The van der Waals surface area contributed by atoms with Crippen LogP contribution in [0.4, 0.5) is 4.39 Å². The van der Waals surface area contributed by atoms with E-state index in [4.69, 9.17) is 0 Å². The van der Waals surface area contributed by atoms with Gasteiger partial charge in [-0.1, -0.05) is 24.3 Å². The molecule has 1 unspecified atom stereocenters. The SMILES string of the molecule is OC(CSc1ccccc1F)Cc1nc2ccccc2s1. The van der Waals surface area contributed by atoms with Crippen LogP contribution in [-0.4, -0.2) is 21.9 Å². The Morgan fingerprint density at radius 1 is 1.14 bits per heavy atom. The van der Waals surface area contributed by atoms with Gasteiger partial charge in [-0.3, -0.25) is 0 Å². The molecule has 1 N–H and O–H groups in total. The van der Waals surface area contributed by atoms with Gasteiger partial charge in [-0.2, -0.15) is 0 Å². The summed E-state index contributed by atoms with van der Waals surface area (Å²) >= 11 is 2.93. The van der Waals surface area contributed by atoms with E-state index >= 15 is 0 Å². The maximum Gasteiger partial charge on any atom is 0.136 e. The lowest BCUT2D eigenvalue weighted by Crippen LogP contribution is -2.13. The second-order valence-corrected chi connectivity index (χ2v) is 6.85. The molecule has 0 spiro atoms. The molecule has 1 heterocycles. The molecule has 2 aromatic carbocycles. The fourth-order valence-electron chi connectivity index (χ4n) is 2.02. The number of nitrogens with zero attached hydrogens (tertiary/aromatic N) is 1. The molecule has 0 saturated carbocycles. The first kappa shape index (κ1) is 14.5. The van der Waals surface area contributed by atoms with Crippen LogP contribution in [0.3, 0.4) is 0 Å². The number of thioether (sulfide) groups is 1. The number of aromatic nitrogens is 1. The standard InChI is InChI=1S/C16H14FNOS2/c17-12-5-1-3-7-14(12)20-10-11(19)9-16-18-13-6-2-4-8-15(13)21-16/h1-8,11,19H,9-10H2. The fourth-order valence-corrected chi connectivity index (χ4v) is 3.92. The predicted molar refractivity (Wildman–Crippen MR) is 86.5 cm³/mol. The van der Waals surface area contributed by atoms with E-state index in [-0.39, 0.29) is 5.82 Å². The summed E-state index contributed by atoms with van der Waals surface area (Å²) in [5, 5.41) is 11.0. The predicted octanol–water partition coefficient (Wildman–Crippen LogP) is 4.13. The molecule has 5 heteroatoms. The van der Waals surface area contributed by atoms with Crippen molar-refractivity contribution in [1.29, 1.82) is 0 Å². The van der Waals surface area contributed by atoms with Crippen LogP contribution in [0.2, 0.25) is 0 Å². The summed E-state index contributed by atoms with van der Waals surface area (Å²) in [6.07, 6.45) is -0.0315. The van der Waals surface area contributed by atoms with Crippen molar-refractivity contribution in [3.05, 3.63) is 59.4 Å². The number of aliphatic hydroxyl groups excluding tert-OH is 1. The van der Waals surface area contributed by atoms with Crippen molar-refractivity contribution in [2.75, 3.05) is 5.75 Å². The second-order valence-electron chi connectivity index (χ2n) is 4.67. The lowest BCUT2D eigenvalue weighted by Gasteiger charge is -2.08. The zero-order valence-electron chi connectivity index (χ0n) is 11.2. The maximum absolute atomic E-state index is 13.5. The summed E-state index contributed by atoms with van der Waals surface area (Å²) < 4.78 is 14.6. The average molecular weight is 319 g/mol. The van der Waals surface area contributed by atoms with Crippen molar-refractivity contribution in [2.45, 2.75) is 17.4 Å². The summed E-state index contributed by atoms with van der Waals surface area (Å²) in [4.78, 5) is 5.07. The number of benzene rings is 2. The van der Waals surface area contributed by atoms with Gasteiger partial charge in [-0.25, -0.2) is 9.37 Å². The molecule has 3 aromatic rings. The number of fused-ring (bicyclic) bond motifs is 1. The maximum atomic E-state index is 13.5. The van der Waals surface area contributed by atoms with Gasteiger partial charge < -0.3 is 5.11 Å². The Balaban J connectivity index is 1.61. The normalized spacial score (nSPS) is 12.7. The summed E-state index contributed by atoms with van der Waals surface area (Å²) in [6.45, 7) is 0. The molecule has 0 fully saturated rings. The van der Waals surface area contributed by atoms with E-state index in [1.807, 2.05) is 24.3 Å². The largest absolute Gasteiger partial charge is 0.392 e. The van der Waals surface area contributed by atoms with Crippen molar-refractivity contribution >= 4 is 33.3 Å². The van der Waals surface area contributed by atoms with Gasteiger partial charge in [0, 0.05) is 17.1 Å². The van der Waals surface area contributed by atoms with Crippen LogP contribution in [0.15, 0.2) is 53.4 Å². The molecule has 1 aromatic heterocycles. The van der Waals surface area contributed by atoms with Crippen LogP contribution in [0.1, 0.15) is 5.01 Å². The van der Waals surface area contributed by atoms with E-state index in [9.17, 15) is 9.50 Å². The lowest BCUT2D eigenvalue weighted by molar-refractivity contribution is 0.200. The van der Waals surface area contributed by atoms with E-state index in [2.05, 4.69) is 4.98 Å². The number of para-hydroxylation sites is 1. The van der Waals surface area contributed by atoms with Gasteiger partial charge in [0.2, 0.25) is 0 Å². The molecule has 1 atom stereocenters. The Bertz CT molecular complexity index is 711. The Morgan fingerprint density at radius 3 is 2.71 bits per heavy atom. The van der Waals surface area contributed by atoms with Gasteiger partial charge in [0.15, 0.2) is 0 Å². The van der Waals surface area contributed by atoms with E-state index in [1.54, 1.807) is 29.5 Å². The third kappa shape index (κ3) is 3.61. The Kier molecular flexibility index (Phi) is 4.53. The molecule has 0 radical (unpaired) electrons. The highest BCUT2D eigenvalue weighted by atomic mass is 32.2. The molecule has 3 rings (SSSR count). The van der Waals surface area contributed by atoms with E-state index in [0.717, 1.165) is 15.2 Å². The number of aliphatic hydroxyl groups is 1. The Morgan fingerprint density at radius 2 is 1.90 bits per heavy atom. The molecule has 0 aliphatic rings. The van der Waals surface area contributed by atoms with Crippen LogP contribution >= 0.6 is 23.1 Å². The number of rotatable bonds is 5. The van der Waals surface area contributed by atoms with Crippen molar-refractivity contribution in [3.63, 3.8) is 0 Å².